The first-order valence-electron chi connectivity index (χ1n) is 5.11. The summed E-state index contributed by atoms with van der Waals surface area (Å²) in [6.07, 6.45) is 1.72. The van der Waals surface area contributed by atoms with Crippen LogP contribution >= 0.6 is 15.9 Å². The van der Waals surface area contributed by atoms with E-state index in [2.05, 4.69) is 26.2 Å². The minimum absolute atomic E-state index is 0.0171. The third kappa shape index (κ3) is 4.95. The fourth-order valence-corrected chi connectivity index (χ4v) is 1.70. The highest BCUT2D eigenvalue weighted by Gasteiger charge is 2.13. The molecule has 6 heteroatoms. The van der Waals surface area contributed by atoms with Crippen LogP contribution in [0, 0.1) is 5.92 Å². The molecule has 1 unspecified atom stereocenters. The van der Waals surface area contributed by atoms with E-state index in [1.807, 2.05) is 0 Å². The summed E-state index contributed by atoms with van der Waals surface area (Å²) in [5.41, 5.74) is 0. The number of aromatic nitrogens is 1. The lowest BCUT2D eigenvalue weighted by Gasteiger charge is -2.09. The van der Waals surface area contributed by atoms with Crippen molar-refractivity contribution in [2.24, 2.45) is 5.92 Å². The summed E-state index contributed by atoms with van der Waals surface area (Å²) in [5.74, 6) is -0.891. The molecule has 1 atom stereocenters. The first-order chi connectivity index (χ1) is 7.99. The van der Waals surface area contributed by atoms with Crippen molar-refractivity contribution in [1.29, 1.82) is 0 Å². The van der Waals surface area contributed by atoms with Crippen molar-refractivity contribution >= 4 is 33.6 Å². The number of hydrogen-bond donors (Lipinski definition) is 2. The molecule has 0 bridgehead atoms. The van der Waals surface area contributed by atoms with Crippen LogP contribution in [-0.4, -0.2) is 22.0 Å². The Balaban J connectivity index is 2.50. The molecule has 0 saturated carbocycles. The van der Waals surface area contributed by atoms with Crippen LogP contribution < -0.4 is 5.32 Å². The van der Waals surface area contributed by atoms with Crippen LogP contribution in [0.1, 0.15) is 19.8 Å². The Labute approximate surface area is 107 Å². The zero-order valence-electron chi connectivity index (χ0n) is 9.31. The van der Waals surface area contributed by atoms with Gasteiger partial charge in [0.2, 0.25) is 5.91 Å². The summed E-state index contributed by atoms with van der Waals surface area (Å²) in [7, 11) is 0. The number of carbonyl (C=O) groups is 2. The van der Waals surface area contributed by atoms with Crippen LogP contribution in [0.2, 0.25) is 0 Å². The van der Waals surface area contributed by atoms with Crippen molar-refractivity contribution in [1.82, 2.24) is 4.98 Å². The quantitative estimate of drug-likeness (QED) is 0.874. The minimum Gasteiger partial charge on any atom is -0.481 e. The molecule has 1 aromatic rings. The van der Waals surface area contributed by atoms with E-state index in [-0.39, 0.29) is 24.7 Å². The van der Waals surface area contributed by atoms with Crippen molar-refractivity contribution in [3.63, 3.8) is 0 Å². The Kier molecular flexibility index (Phi) is 5.09. The molecule has 0 radical (unpaired) electrons. The standard InChI is InChI=1S/C11H13BrN2O3/c1-7(6-10(16)17)5-9(15)14-11-8(12)3-2-4-13-11/h2-4,7H,5-6H2,1H3,(H,16,17)(H,13,14,15). The van der Waals surface area contributed by atoms with Crippen molar-refractivity contribution in [3.8, 4) is 0 Å². The summed E-state index contributed by atoms with van der Waals surface area (Å²) in [6, 6.07) is 3.51. The van der Waals surface area contributed by atoms with Crippen LogP contribution in [0.25, 0.3) is 0 Å². The molecule has 1 heterocycles. The molecule has 0 aromatic carbocycles. The monoisotopic (exact) mass is 300 g/mol. The molecule has 0 aliphatic carbocycles. The second kappa shape index (κ2) is 6.34. The zero-order valence-corrected chi connectivity index (χ0v) is 10.9. The highest BCUT2D eigenvalue weighted by atomic mass is 79.9. The number of halogens is 1. The molecule has 0 spiro atoms. The molecule has 5 nitrogen and oxygen atoms in total. The van der Waals surface area contributed by atoms with Gasteiger partial charge >= 0.3 is 5.97 Å². The van der Waals surface area contributed by atoms with E-state index in [4.69, 9.17) is 5.11 Å². The van der Waals surface area contributed by atoms with Gasteiger partial charge in [-0.15, -0.1) is 0 Å². The van der Waals surface area contributed by atoms with E-state index in [1.54, 1.807) is 25.3 Å². The normalized spacial score (nSPS) is 11.9. The molecular formula is C11H13BrN2O3. The van der Waals surface area contributed by atoms with Gasteiger partial charge in [0.1, 0.15) is 5.82 Å². The van der Waals surface area contributed by atoms with Crippen molar-refractivity contribution in [2.45, 2.75) is 19.8 Å². The molecule has 1 amide bonds. The van der Waals surface area contributed by atoms with Gasteiger partial charge in [-0.25, -0.2) is 4.98 Å². The largest absolute Gasteiger partial charge is 0.481 e. The topological polar surface area (TPSA) is 79.3 Å². The lowest BCUT2D eigenvalue weighted by Crippen LogP contribution is -2.17. The highest BCUT2D eigenvalue weighted by molar-refractivity contribution is 9.10. The molecule has 2 N–H and O–H groups in total. The van der Waals surface area contributed by atoms with Gasteiger partial charge in [-0.1, -0.05) is 6.92 Å². The van der Waals surface area contributed by atoms with Crippen LogP contribution in [-0.2, 0) is 9.59 Å². The van der Waals surface area contributed by atoms with Crippen LogP contribution in [0.3, 0.4) is 0 Å². The van der Waals surface area contributed by atoms with Gasteiger partial charge in [-0.05, 0) is 34.0 Å². The maximum atomic E-state index is 11.6. The van der Waals surface area contributed by atoms with Gasteiger partial charge in [-0.3, -0.25) is 9.59 Å². The zero-order chi connectivity index (χ0) is 12.8. The van der Waals surface area contributed by atoms with E-state index in [9.17, 15) is 9.59 Å². The van der Waals surface area contributed by atoms with Crippen LogP contribution in [0.4, 0.5) is 5.82 Å². The number of hydrogen-bond acceptors (Lipinski definition) is 3. The Hall–Kier alpha value is -1.43. The molecule has 17 heavy (non-hydrogen) atoms. The number of nitrogens with one attached hydrogen (secondary N) is 1. The number of anilines is 1. The number of carboxylic acids is 1. The average molecular weight is 301 g/mol. The maximum Gasteiger partial charge on any atom is 0.303 e. The maximum absolute atomic E-state index is 11.6. The molecular weight excluding hydrogens is 288 g/mol. The lowest BCUT2D eigenvalue weighted by molar-refractivity contribution is -0.138. The Morgan fingerprint density at radius 3 is 2.82 bits per heavy atom. The highest BCUT2D eigenvalue weighted by Crippen LogP contribution is 2.19. The van der Waals surface area contributed by atoms with E-state index >= 15 is 0 Å². The summed E-state index contributed by atoms with van der Waals surface area (Å²) in [6.45, 7) is 1.72. The predicted octanol–water partition coefficient (Wildman–Crippen LogP) is 2.28. The second-order valence-corrected chi connectivity index (χ2v) is 4.64. The summed E-state index contributed by atoms with van der Waals surface area (Å²) < 4.78 is 0.694. The van der Waals surface area contributed by atoms with Crippen LogP contribution in [0.15, 0.2) is 22.8 Å². The Bertz CT molecular complexity index is 423. The number of carboxylic acid groups (broad SMARTS) is 1. The van der Waals surface area contributed by atoms with E-state index in [1.165, 1.54) is 0 Å². The molecule has 0 saturated heterocycles. The number of aliphatic carboxylic acids is 1. The van der Waals surface area contributed by atoms with E-state index < -0.39 is 5.97 Å². The number of rotatable bonds is 5. The fraction of sp³-hybridized carbons (Fsp3) is 0.364. The van der Waals surface area contributed by atoms with Gasteiger partial charge < -0.3 is 10.4 Å². The van der Waals surface area contributed by atoms with Gasteiger partial charge in [-0.2, -0.15) is 0 Å². The van der Waals surface area contributed by atoms with Gasteiger partial charge in [0.25, 0.3) is 0 Å². The first-order valence-corrected chi connectivity index (χ1v) is 5.90. The Morgan fingerprint density at radius 2 is 2.24 bits per heavy atom. The number of pyridine rings is 1. The first kappa shape index (κ1) is 13.6. The fourth-order valence-electron chi connectivity index (χ4n) is 1.35. The molecule has 0 aliphatic rings. The van der Waals surface area contributed by atoms with E-state index in [0.717, 1.165) is 0 Å². The molecule has 92 valence electrons. The number of carbonyl (C=O) groups excluding carboxylic acids is 1. The second-order valence-electron chi connectivity index (χ2n) is 3.79. The third-order valence-corrected chi connectivity index (χ3v) is 2.71. The van der Waals surface area contributed by atoms with Crippen LogP contribution in [0.5, 0.6) is 0 Å². The lowest BCUT2D eigenvalue weighted by atomic mass is 10.0. The smallest absolute Gasteiger partial charge is 0.303 e. The summed E-state index contributed by atoms with van der Waals surface area (Å²) in [5, 5.41) is 11.2. The predicted molar refractivity (Wildman–Crippen MR) is 66.6 cm³/mol. The molecule has 0 aliphatic heterocycles. The van der Waals surface area contributed by atoms with Gasteiger partial charge in [0.05, 0.1) is 4.47 Å². The minimum atomic E-state index is -0.899. The van der Waals surface area contributed by atoms with Crippen molar-refractivity contribution < 1.29 is 14.7 Å². The number of amides is 1. The number of nitrogens with zero attached hydrogens (tertiary/aromatic N) is 1. The SMILES string of the molecule is CC(CC(=O)O)CC(=O)Nc1ncccc1Br. The summed E-state index contributed by atoms with van der Waals surface area (Å²) >= 11 is 3.26. The molecule has 1 rings (SSSR count). The molecule has 1 aromatic heterocycles. The van der Waals surface area contributed by atoms with Gasteiger partial charge in [0, 0.05) is 19.0 Å². The Morgan fingerprint density at radius 1 is 1.53 bits per heavy atom. The van der Waals surface area contributed by atoms with Crippen molar-refractivity contribution in [2.75, 3.05) is 5.32 Å². The summed E-state index contributed by atoms with van der Waals surface area (Å²) in [4.78, 5) is 26.0. The average Bonchev–Trinajstić information content (AvgIpc) is 2.19. The van der Waals surface area contributed by atoms with Gasteiger partial charge in [0.15, 0.2) is 0 Å². The van der Waals surface area contributed by atoms with Crippen molar-refractivity contribution in [3.05, 3.63) is 22.8 Å². The molecule has 0 fully saturated rings. The van der Waals surface area contributed by atoms with E-state index in [0.29, 0.717) is 10.3 Å². The third-order valence-electron chi connectivity index (χ3n) is 2.07.